The maximum Gasteiger partial charge on any atom is 0.236 e. The molecular formula is C24H24BrNO3. The van der Waals surface area contributed by atoms with Gasteiger partial charge in [0.1, 0.15) is 5.75 Å². The summed E-state index contributed by atoms with van der Waals surface area (Å²) in [5, 5.41) is 19.5. The van der Waals surface area contributed by atoms with Crippen molar-refractivity contribution in [2.45, 2.75) is 19.3 Å². The molecule has 29 heavy (non-hydrogen) atoms. The molecule has 0 heterocycles. The van der Waals surface area contributed by atoms with E-state index in [1.165, 1.54) is 5.56 Å². The molecule has 0 aliphatic heterocycles. The van der Waals surface area contributed by atoms with Gasteiger partial charge in [0.25, 0.3) is 0 Å². The average molecular weight is 454 g/mol. The Kier molecular flexibility index (Phi) is 7.44. The number of para-hydroxylation sites is 1. The number of anilines is 2. The van der Waals surface area contributed by atoms with Crippen molar-refractivity contribution >= 4 is 33.2 Å². The van der Waals surface area contributed by atoms with E-state index in [0.29, 0.717) is 12.1 Å². The summed E-state index contributed by atoms with van der Waals surface area (Å²) in [5.41, 5.74) is 2.58. The van der Waals surface area contributed by atoms with Crippen LogP contribution in [0.25, 0.3) is 0 Å². The Morgan fingerprint density at radius 3 is 2.28 bits per heavy atom. The molecule has 0 spiro atoms. The predicted octanol–water partition coefficient (Wildman–Crippen LogP) is 5.45. The summed E-state index contributed by atoms with van der Waals surface area (Å²) in [7, 11) is 0. The number of halogens is 1. The molecule has 0 saturated heterocycles. The highest BCUT2D eigenvalue weighted by Crippen LogP contribution is 2.29. The zero-order chi connectivity index (χ0) is 20.6. The van der Waals surface area contributed by atoms with Crippen LogP contribution < -0.4 is 4.90 Å². The largest absolute Gasteiger partial charge is 0.508 e. The van der Waals surface area contributed by atoms with Gasteiger partial charge < -0.3 is 10.2 Å². The van der Waals surface area contributed by atoms with E-state index in [2.05, 4.69) is 28.1 Å². The van der Waals surface area contributed by atoms with Gasteiger partial charge in [0.05, 0.1) is 12.5 Å². The van der Waals surface area contributed by atoms with Crippen LogP contribution in [0.2, 0.25) is 0 Å². The molecule has 1 atom stereocenters. The lowest BCUT2D eigenvalue weighted by molar-refractivity contribution is -0.123. The third-order valence-electron chi connectivity index (χ3n) is 4.82. The van der Waals surface area contributed by atoms with E-state index in [0.717, 1.165) is 23.0 Å². The molecule has 4 nitrogen and oxygen atoms in total. The molecule has 0 radical (unpaired) electrons. The van der Waals surface area contributed by atoms with Crippen molar-refractivity contribution < 1.29 is 15.0 Å². The number of hydrogen-bond acceptors (Lipinski definition) is 3. The number of nitrogens with zero attached hydrogens (tertiary/aromatic N) is 1. The smallest absolute Gasteiger partial charge is 0.236 e. The lowest BCUT2D eigenvalue weighted by Gasteiger charge is -2.27. The summed E-state index contributed by atoms with van der Waals surface area (Å²) in [6.07, 6.45) is 2.22. The monoisotopic (exact) mass is 453 g/mol. The van der Waals surface area contributed by atoms with Gasteiger partial charge in [-0.3, -0.25) is 9.69 Å². The number of benzene rings is 3. The molecule has 3 aromatic carbocycles. The Bertz CT molecular complexity index is 928. The summed E-state index contributed by atoms with van der Waals surface area (Å²) in [6.45, 7) is -0.210. The SMILES string of the molecule is O=C(C(CO)CCCc1cccc(Br)c1)N(c1ccccc1)c1ccc(O)cc1. The van der Waals surface area contributed by atoms with Gasteiger partial charge in [0, 0.05) is 15.8 Å². The second kappa shape index (κ2) is 10.2. The molecule has 0 aliphatic rings. The Balaban J connectivity index is 1.76. The first-order valence-corrected chi connectivity index (χ1v) is 10.4. The van der Waals surface area contributed by atoms with E-state index in [1.54, 1.807) is 29.2 Å². The zero-order valence-corrected chi connectivity index (χ0v) is 17.6. The molecule has 0 aromatic heterocycles. The van der Waals surface area contributed by atoms with E-state index in [4.69, 9.17) is 0 Å². The van der Waals surface area contributed by atoms with Crippen molar-refractivity contribution in [3.05, 3.63) is 88.9 Å². The summed E-state index contributed by atoms with van der Waals surface area (Å²) in [5.74, 6) is -0.517. The first kappa shape index (κ1) is 21.1. The standard InChI is InChI=1S/C24H24BrNO3/c25-20-9-5-7-18(16-20)6-4-8-19(17-27)24(29)26(21-10-2-1-3-11-21)22-12-14-23(28)15-13-22/h1-3,5,7,9-16,19,27-28H,4,6,8,17H2. The van der Waals surface area contributed by atoms with Crippen LogP contribution in [-0.2, 0) is 11.2 Å². The molecule has 3 aromatic rings. The average Bonchev–Trinajstić information content (AvgIpc) is 2.73. The Labute approximate surface area is 179 Å². The second-order valence-electron chi connectivity index (χ2n) is 6.93. The topological polar surface area (TPSA) is 60.8 Å². The van der Waals surface area contributed by atoms with E-state index in [9.17, 15) is 15.0 Å². The van der Waals surface area contributed by atoms with Crippen LogP contribution in [0.1, 0.15) is 18.4 Å². The predicted molar refractivity (Wildman–Crippen MR) is 119 cm³/mol. The number of aliphatic hydroxyl groups is 1. The van der Waals surface area contributed by atoms with Crippen LogP contribution in [0.4, 0.5) is 11.4 Å². The third-order valence-corrected chi connectivity index (χ3v) is 5.31. The number of carbonyl (C=O) groups excluding carboxylic acids is 1. The number of rotatable bonds is 8. The number of phenols is 1. The molecule has 1 amide bonds. The molecule has 150 valence electrons. The van der Waals surface area contributed by atoms with Crippen molar-refractivity contribution in [2.75, 3.05) is 11.5 Å². The highest BCUT2D eigenvalue weighted by Gasteiger charge is 2.26. The molecule has 2 N–H and O–H groups in total. The number of phenolic OH excluding ortho intramolecular Hbond substituents is 1. The van der Waals surface area contributed by atoms with Crippen molar-refractivity contribution in [1.29, 1.82) is 0 Å². The van der Waals surface area contributed by atoms with Gasteiger partial charge in [-0.15, -0.1) is 0 Å². The Morgan fingerprint density at radius 1 is 0.931 bits per heavy atom. The van der Waals surface area contributed by atoms with Crippen molar-refractivity contribution in [3.63, 3.8) is 0 Å². The van der Waals surface area contributed by atoms with E-state index >= 15 is 0 Å². The lowest BCUT2D eigenvalue weighted by Crippen LogP contribution is -2.34. The maximum atomic E-state index is 13.4. The molecule has 1 unspecified atom stereocenters. The molecular weight excluding hydrogens is 430 g/mol. The fourth-order valence-electron chi connectivity index (χ4n) is 3.30. The summed E-state index contributed by atoms with van der Waals surface area (Å²) in [4.78, 5) is 15.0. The van der Waals surface area contributed by atoms with Crippen molar-refractivity contribution in [2.24, 2.45) is 5.92 Å². The van der Waals surface area contributed by atoms with Crippen molar-refractivity contribution in [1.82, 2.24) is 0 Å². The van der Waals surface area contributed by atoms with Crippen LogP contribution in [0, 0.1) is 5.92 Å². The molecule has 0 saturated carbocycles. The summed E-state index contributed by atoms with van der Waals surface area (Å²) < 4.78 is 1.03. The Morgan fingerprint density at radius 2 is 1.62 bits per heavy atom. The van der Waals surface area contributed by atoms with Crippen molar-refractivity contribution in [3.8, 4) is 5.75 Å². The molecule has 0 fully saturated rings. The number of aromatic hydroxyl groups is 1. The normalized spacial score (nSPS) is 11.8. The first-order valence-electron chi connectivity index (χ1n) is 9.62. The fourth-order valence-corrected chi connectivity index (χ4v) is 3.75. The third kappa shape index (κ3) is 5.68. The van der Waals surface area contributed by atoms with E-state index in [-0.39, 0.29) is 18.3 Å². The number of hydrogen-bond donors (Lipinski definition) is 2. The second-order valence-corrected chi connectivity index (χ2v) is 7.84. The first-order chi connectivity index (χ1) is 14.1. The number of carbonyl (C=O) groups is 1. The van der Waals surface area contributed by atoms with Crippen LogP contribution in [0.15, 0.2) is 83.3 Å². The van der Waals surface area contributed by atoms with Gasteiger partial charge >= 0.3 is 0 Å². The minimum absolute atomic E-state index is 0.141. The van der Waals surface area contributed by atoms with E-state index < -0.39 is 5.92 Å². The molecule has 5 heteroatoms. The van der Waals surface area contributed by atoms with Gasteiger partial charge in [0.2, 0.25) is 5.91 Å². The minimum atomic E-state index is -0.504. The number of aliphatic hydroxyl groups excluding tert-OH is 1. The molecule has 0 aliphatic carbocycles. The van der Waals surface area contributed by atoms with Gasteiger partial charge in [-0.1, -0.05) is 46.3 Å². The fraction of sp³-hybridized carbons (Fsp3) is 0.208. The van der Waals surface area contributed by atoms with E-state index in [1.807, 2.05) is 42.5 Å². The minimum Gasteiger partial charge on any atom is -0.508 e. The lowest BCUT2D eigenvalue weighted by atomic mass is 9.98. The summed E-state index contributed by atoms with van der Waals surface area (Å²) in [6, 6.07) is 24.0. The zero-order valence-electron chi connectivity index (χ0n) is 16.0. The molecule has 0 bridgehead atoms. The number of aryl methyl sites for hydroxylation is 1. The quantitative estimate of drug-likeness (QED) is 0.476. The van der Waals surface area contributed by atoms with Crippen LogP contribution >= 0.6 is 15.9 Å². The Hall–Kier alpha value is -2.63. The molecule has 3 rings (SSSR count). The van der Waals surface area contributed by atoms with Crippen LogP contribution in [-0.4, -0.2) is 22.7 Å². The highest BCUT2D eigenvalue weighted by atomic mass is 79.9. The highest BCUT2D eigenvalue weighted by molar-refractivity contribution is 9.10. The summed E-state index contributed by atoms with van der Waals surface area (Å²) >= 11 is 3.48. The van der Waals surface area contributed by atoms with Crippen LogP contribution in [0.5, 0.6) is 5.75 Å². The maximum absolute atomic E-state index is 13.4. The van der Waals surface area contributed by atoms with Gasteiger partial charge in [-0.2, -0.15) is 0 Å². The number of amides is 1. The van der Waals surface area contributed by atoms with Gasteiger partial charge in [-0.25, -0.2) is 0 Å². The van der Waals surface area contributed by atoms with Gasteiger partial charge in [0.15, 0.2) is 0 Å². The van der Waals surface area contributed by atoms with Gasteiger partial charge in [-0.05, 0) is 73.4 Å². The van der Waals surface area contributed by atoms with Crippen LogP contribution in [0.3, 0.4) is 0 Å².